The van der Waals surface area contributed by atoms with Crippen molar-refractivity contribution in [2.45, 2.75) is 32.8 Å². The van der Waals surface area contributed by atoms with Gasteiger partial charge >= 0.3 is 0 Å². The molecule has 1 atom stereocenters. The van der Waals surface area contributed by atoms with Gasteiger partial charge in [0.1, 0.15) is 18.0 Å². The molecule has 17 heavy (non-hydrogen) atoms. The van der Waals surface area contributed by atoms with Crippen LogP contribution in [0, 0.1) is 6.92 Å². The molecule has 0 amide bonds. The van der Waals surface area contributed by atoms with Crippen LogP contribution in [0.15, 0.2) is 6.33 Å². The lowest BCUT2D eigenvalue weighted by Gasteiger charge is -2.14. The molecule has 1 aliphatic rings. The normalized spacial score (nSPS) is 19.3. The summed E-state index contributed by atoms with van der Waals surface area (Å²) in [6.45, 7) is 6.65. The number of nitrogens with one attached hydrogen (secondary N) is 2. The van der Waals surface area contributed by atoms with Crippen molar-refractivity contribution in [2.24, 2.45) is 0 Å². The van der Waals surface area contributed by atoms with E-state index in [0.717, 1.165) is 49.7 Å². The molecule has 0 bridgehead atoms. The van der Waals surface area contributed by atoms with E-state index in [1.807, 2.05) is 6.92 Å². The minimum absolute atomic E-state index is 0.326. The minimum atomic E-state index is 0.326. The molecule has 1 saturated heterocycles. The Bertz CT molecular complexity index is 364. The molecule has 1 aromatic rings. The minimum Gasteiger partial charge on any atom is -0.376 e. The maximum atomic E-state index is 5.57. The third-order valence-electron chi connectivity index (χ3n) is 2.95. The molecule has 2 rings (SSSR count). The number of aromatic nitrogens is 2. The summed E-state index contributed by atoms with van der Waals surface area (Å²) in [6.07, 6.45) is 4.21. The second-order valence-electron chi connectivity index (χ2n) is 4.24. The maximum Gasteiger partial charge on any atom is 0.134 e. The quantitative estimate of drug-likeness (QED) is 0.816. The fourth-order valence-electron chi connectivity index (χ4n) is 1.99. The zero-order valence-corrected chi connectivity index (χ0v) is 10.5. The summed E-state index contributed by atoms with van der Waals surface area (Å²) in [5, 5.41) is 6.56. The van der Waals surface area contributed by atoms with E-state index < -0.39 is 0 Å². The van der Waals surface area contributed by atoms with Crippen LogP contribution in [0.2, 0.25) is 0 Å². The third-order valence-corrected chi connectivity index (χ3v) is 2.95. The van der Waals surface area contributed by atoms with Gasteiger partial charge in [0.05, 0.1) is 6.10 Å². The highest BCUT2D eigenvalue weighted by Gasteiger charge is 2.16. The van der Waals surface area contributed by atoms with E-state index in [1.165, 1.54) is 0 Å². The van der Waals surface area contributed by atoms with E-state index >= 15 is 0 Å². The molecule has 0 saturated carbocycles. The Morgan fingerprint density at radius 3 is 2.76 bits per heavy atom. The first-order valence-corrected chi connectivity index (χ1v) is 6.22. The van der Waals surface area contributed by atoms with E-state index in [1.54, 1.807) is 6.33 Å². The zero-order chi connectivity index (χ0) is 12.1. The molecule has 0 aliphatic carbocycles. The number of nitrogens with zero attached hydrogens (tertiary/aromatic N) is 2. The summed E-state index contributed by atoms with van der Waals surface area (Å²) in [4.78, 5) is 8.48. The van der Waals surface area contributed by atoms with Gasteiger partial charge in [0, 0.05) is 25.3 Å². The highest BCUT2D eigenvalue weighted by atomic mass is 16.5. The molecule has 1 aromatic heterocycles. The van der Waals surface area contributed by atoms with Crippen molar-refractivity contribution in [3.63, 3.8) is 0 Å². The molecule has 1 unspecified atom stereocenters. The van der Waals surface area contributed by atoms with Crippen LogP contribution in [0.1, 0.15) is 25.3 Å². The summed E-state index contributed by atoms with van der Waals surface area (Å²) < 4.78 is 5.57. The van der Waals surface area contributed by atoms with Crippen molar-refractivity contribution in [1.82, 2.24) is 9.97 Å². The Morgan fingerprint density at radius 1 is 1.35 bits per heavy atom. The van der Waals surface area contributed by atoms with Crippen molar-refractivity contribution < 1.29 is 4.74 Å². The van der Waals surface area contributed by atoms with Crippen LogP contribution in [-0.4, -0.2) is 35.8 Å². The molecule has 1 aliphatic heterocycles. The smallest absolute Gasteiger partial charge is 0.134 e. The van der Waals surface area contributed by atoms with Gasteiger partial charge in [0.2, 0.25) is 0 Å². The van der Waals surface area contributed by atoms with E-state index in [2.05, 4.69) is 27.5 Å². The lowest BCUT2D eigenvalue weighted by molar-refractivity contribution is 0.120. The topological polar surface area (TPSA) is 59.1 Å². The molecule has 0 radical (unpaired) electrons. The Labute approximate surface area is 102 Å². The Hall–Kier alpha value is -1.36. The summed E-state index contributed by atoms with van der Waals surface area (Å²) in [7, 11) is 0. The highest BCUT2D eigenvalue weighted by Crippen LogP contribution is 2.19. The zero-order valence-electron chi connectivity index (χ0n) is 10.5. The first-order valence-electron chi connectivity index (χ1n) is 6.22. The highest BCUT2D eigenvalue weighted by molar-refractivity contribution is 5.56. The van der Waals surface area contributed by atoms with Gasteiger partial charge in [0.15, 0.2) is 0 Å². The van der Waals surface area contributed by atoms with Gasteiger partial charge in [0.25, 0.3) is 0 Å². The molecule has 5 heteroatoms. The number of hydrogen-bond acceptors (Lipinski definition) is 5. The van der Waals surface area contributed by atoms with Crippen molar-refractivity contribution in [2.75, 3.05) is 30.3 Å². The molecule has 2 heterocycles. The van der Waals surface area contributed by atoms with Gasteiger partial charge in [-0.05, 0) is 26.7 Å². The van der Waals surface area contributed by atoms with Crippen molar-refractivity contribution in [3.05, 3.63) is 11.9 Å². The lowest BCUT2D eigenvalue weighted by atomic mass is 10.2. The van der Waals surface area contributed by atoms with Crippen LogP contribution in [0.4, 0.5) is 11.6 Å². The summed E-state index contributed by atoms with van der Waals surface area (Å²) in [6, 6.07) is 0. The molecular formula is C12H20N4O. The first kappa shape index (κ1) is 12.1. The SMILES string of the molecule is CCNc1ncnc(NCC2CCCO2)c1C. The molecule has 5 nitrogen and oxygen atoms in total. The van der Waals surface area contributed by atoms with Crippen LogP contribution in [0.3, 0.4) is 0 Å². The van der Waals surface area contributed by atoms with Crippen LogP contribution in [0.5, 0.6) is 0 Å². The second-order valence-corrected chi connectivity index (χ2v) is 4.24. The first-order chi connectivity index (χ1) is 8.31. The predicted octanol–water partition coefficient (Wildman–Crippen LogP) is 1.81. The van der Waals surface area contributed by atoms with E-state index in [0.29, 0.717) is 6.10 Å². The molecule has 0 aromatic carbocycles. The van der Waals surface area contributed by atoms with Crippen LogP contribution in [-0.2, 0) is 4.74 Å². The number of anilines is 2. The summed E-state index contributed by atoms with van der Waals surface area (Å²) in [5.74, 6) is 1.80. The molecule has 1 fully saturated rings. The van der Waals surface area contributed by atoms with Crippen molar-refractivity contribution >= 4 is 11.6 Å². The van der Waals surface area contributed by atoms with Gasteiger partial charge in [-0.2, -0.15) is 0 Å². The van der Waals surface area contributed by atoms with Crippen LogP contribution in [0.25, 0.3) is 0 Å². The van der Waals surface area contributed by atoms with Gasteiger partial charge < -0.3 is 15.4 Å². The average molecular weight is 236 g/mol. The standard InChI is InChI=1S/C12H20N4O/c1-3-13-11-9(2)12(16-8-15-11)14-7-10-5-4-6-17-10/h8,10H,3-7H2,1-2H3,(H2,13,14,15,16). The monoisotopic (exact) mass is 236 g/mol. The summed E-state index contributed by atoms with van der Waals surface area (Å²) in [5.41, 5.74) is 1.06. The second kappa shape index (κ2) is 5.82. The Morgan fingerprint density at radius 2 is 2.12 bits per heavy atom. The van der Waals surface area contributed by atoms with Gasteiger partial charge in [-0.3, -0.25) is 0 Å². The molecule has 94 valence electrons. The number of rotatable bonds is 5. The number of hydrogen-bond donors (Lipinski definition) is 2. The molecule has 2 N–H and O–H groups in total. The van der Waals surface area contributed by atoms with Gasteiger partial charge in [-0.25, -0.2) is 9.97 Å². The molecular weight excluding hydrogens is 216 g/mol. The Balaban J connectivity index is 1.97. The van der Waals surface area contributed by atoms with Gasteiger partial charge in [-0.1, -0.05) is 0 Å². The van der Waals surface area contributed by atoms with Gasteiger partial charge in [-0.15, -0.1) is 0 Å². The van der Waals surface area contributed by atoms with Crippen molar-refractivity contribution in [3.8, 4) is 0 Å². The third kappa shape index (κ3) is 3.06. The molecule has 0 spiro atoms. The maximum absolute atomic E-state index is 5.57. The Kier molecular flexibility index (Phi) is 4.14. The number of ether oxygens (including phenoxy) is 1. The largest absolute Gasteiger partial charge is 0.376 e. The van der Waals surface area contributed by atoms with E-state index in [-0.39, 0.29) is 0 Å². The summed E-state index contributed by atoms with van der Waals surface area (Å²) >= 11 is 0. The fraction of sp³-hybridized carbons (Fsp3) is 0.667. The average Bonchev–Trinajstić information content (AvgIpc) is 2.83. The van der Waals surface area contributed by atoms with Crippen LogP contribution < -0.4 is 10.6 Å². The predicted molar refractivity (Wildman–Crippen MR) is 68.4 cm³/mol. The van der Waals surface area contributed by atoms with E-state index in [9.17, 15) is 0 Å². The van der Waals surface area contributed by atoms with E-state index in [4.69, 9.17) is 4.74 Å². The van der Waals surface area contributed by atoms with Crippen LogP contribution >= 0.6 is 0 Å². The van der Waals surface area contributed by atoms with Crippen molar-refractivity contribution in [1.29, 1.82) is 0 Å². The lowest BCUT2D eigenvalue weighted by Crippen LogP contribution is -2.20. The fourth-order valence-corrected chi connectivity index (χ4v) is 1.99.